The first-order valence-electron chi connectivity index (χ1n) is 8.14. The van der Waals surface area contributed by atoms with E-state index in [2.05, 4.69) is 20.9 Å². The Labute approximate surface area is 127 Å². The van der Waals surface area contributed by atoms with E-state index in [9.17, 15) is 5.26 Å². The van der Waals surface area contributed by atoms with E-state index in [1.165, 1.54) is 32.1 Å². The number of pyridine rings is 1. The molecule has 0 amide bonds. The van der Waals surface area contributed by atoms with Gasteiger partial charge in [0.1, 0.15) is 11.9 Å². The molecule has 4 heteroatoms. The van der Waals surface area contributed by atoms with Crippen molar-refractivity contribution in [3.63, 3.8) is 0 Å². The van der Waals surface area contributed by atoms with E-state index in [0.29, 0.717) is 5.56 Å². The van der Waals surface area contributed by atoms with Gasteiger partial charge in [0.05, 0.1) is 5.56 Å². The molecule has 0 atom stereocenters. The van der Waals surface area contributed by atoms with Gasteiger partial charge in [0.15, 0.2) is 0 Å². The van der Waals surface area contributed by atoms with Crippen LogP contribution in [0.15, 0.2) is 12.1 Å². The van der Waals surface area contributed by atoms with Gasteiger partial charge >= 0.3 is 0 Å². The Hall–Kier alpha value is -1.60. The summed E-state index contributed by atoms with van der Waals surface area (Å²) in [6, 6.07) is 6.88. The maximum atomic E-state index is 9.27. The molecular formula is C17H24N4. The van der Waals surface area contributed by atoms with Crippen LogP contribution in [-0.2, 0) is 0 Å². The third-order valence-corrected chi connectivity index (χ3v) is 4.84. The highest BCUT2D eigenvalue weighted by molar-refractivity contribution is 5.54. The molecule has 1 aliphatic carbocycles. The zero-order chi connectivity index (χ0) is 14.7. The van der Waals surface area contributed by atoms with Crippen molar-refractivity contribution in [2.24, 2.45) is 0 Å². The second-order valence-electron chi connectivity index (χ2n) is 6.25. The van der Waals surface area contributed by atoms with Crippen LogP contribution in [0.1, 0.15) is 43.4 Å². The minimum Gasteiger partial charge on any atom is -0.353 e. The first-order chi connectivity index (χ1) is 10.3. The smallest absolute Gasteiger partial charge is 0.146 e. The van der Waals surface area contributed by atoms with Gasteiger partial charge in [-0.2, -0.15) is 5.26 Å². The number of hydrogen-bond donors (Lipinski definition) is 0. The van der Waals surface area contributed by atoms with Crippen LogP contribution in [0.3, 0.4) is 0 Å². The molecular weight excluding hydrogens is 260 g/mol. The van der Waals surface area contributed by atoms with E-state index in [-0.39, 0.29) is 0 Å². The average molecular weight is 284 g/mol. The molecule has 1 aliphatic heterocycles. The normalized spacial score (nSPS) is 21.2. The quantitative estimate of drug-likeness (QED) is 0.837. The van der Waals surface area contributed by atoms with Gasteiger partial charge in [-0.25, -0.2) is 4.98 Å². The van der Waals surface area contributed by atoms with Gasteiger partial charge in [-0.15, -0.1) is 0 Å². The van der Waals surface area contributed by atoms with Gasteiger partial charge in [-0.1, -0.05) is 19.3 Å². The number of rotatable bonds is 2. The molecule has 0 bridgehead atoms. The molecule has 0 unspecified atom stereocenters. The van der Waals surface area contributed by atoms with Crippen LogP contribution >= 0.6 is 0 Å². The van der Waals surface area contributed by atoms with E-state index in [0.717, 1.165) is 43.7 Å². The van der Waals surface area contributed by atoms with Crippen LogP contribution in [-0.4, -0.2) is 42.1 Å². The Bertz CT molecular complexity index is 520. The van der Waals surface area contributed by atoms with Crippen molar-refractivity contribution in [3.8, 4) is 6.07 Å². The van der Waals surface area contributed by atoms with Crippen LogP contribution in [0.2, 0.25) is 0 Å². The molecule has 1 aromatic rings. The molecule has 4 nitrogen and oxygen atoms in total. The van der Waals surface area contributed by atoms with Crippen LogP contribution in [0.5, 0.6) is 0 Å². The Morgan fingerprint density at radius 1 is 1.10 bits per heavy atom. The molecule has 3 rings (SSSR count). The number of aryl methyl sites for hydroxylation is 1. The largest absolute Gasteiger partial charge is 0.353 e. The topological polar surface area (TPSA) is 43.2 Å². The summed E-state index contributed by atoms with van der Waals surface area (Å²) in [7, 11) is 0. The summed E-state index contributed by atoms with van der Waals surface area (Å²) in [5.74, 6) is 0.876. The van der Waals surface area contributed by atoms with Crippen molar-refractivity contribution >= 4 is 5.82 Å². The third kappa shape index (κ3) is 3.19. The number of hydrogen-bond acceptors (Lipinski definition) is 4. The van der Waals surface area contributed by atoms with E-state index < -0.39 is 0 Å². The van der Waals surface area contributed by atoms with Gasteiger partial charge < -0.3 is 4.90 Å². The van der Waals surface area contributed by atoms with Crippen LogP contribution in [0, 0.1) is 18.3 Å². The fraction of sp³-hybridized carbons (Fsp3) is 0.647. The monoisotopic (exact) mass is 284 g/mol. The van der Waals surface area contributed by atoms with E-state index in [4.69, 9.17) is 0 Å². The SMILES string of the molecule is Cc1ccc(C#N)c(N2CCN(C3CCCCC3)CC2)n1. The van der Waals surface area contributed by atoms with Gasteiger partial charge in [-0.05, 0) is 31.9 Å². The Morgan fingerprint density at radius 3 is 2.48 bits per heavy atom. The minimum absolute atomic E-state index is 0.701. The van der Waals surface area contributed by atoms with Crippen molar-refractivity contribution in [2.45, 2.75) is 45.1 Å². The molecule has 21 heavy (non-hydrogen) atoms. The number of piperazine rings is 1. The first-order valence-corrected chi connectivity index (χ1v) is 8.14. The summed E-state index contributed by atoms with van der Waals surface area (Å²) in [6.07, 6.45) is 6.93. The highest BCUT2D eigenvalue weighted by atomic mass is 15.3. The van der Waals surface area contributed by atoms with E-state index >= 15 is 0 Å². The first kappa shape index (κ1) is 14.3. The fourth-order valence-electron chi connectivity index (χ4n) is 3.62. The third-order valence-electron chi connectivity index (χ3n) is 4.84. The number of aromatic nitrogens is 1. The van der Waals surface area contributed by atoms with Crippen LogP contribution in [0.25, 0.3) is 0 Å². The average Bonchev–Trinajstić information content (AvgIpc) is 2.56. The molecule has 2 fully saturated rings. The van der Waals surface area contributed by atoms with Gasteiger partial charge in [0.25, 0.3) is 0 Å². The van der Waals surface area contributed by atoms with Crippen molar-refractivity contribution in [1.82, 2.24) is 9.88 Å². The fourth-order valence-corrected chi connectivity index (χ4v) is 3.62. The highest BCUT2D eigenvalue weighted by Gasteiger charge is 2.26. The van der Waals surface area contributed by atoms with Crippen molar-refractivity contribution < 1.29 is 0 Å². The molecule has 1 saturated carbocycles. The van der Waals surface area contributed by atoms with Crippen molar-refractivity contribution in [1.29, 1.82) is 5.26 Å². The van der Waals surface area contributed by atoms with Gasteiger partial charge in [0.2, 0.25) is 0 Å². The predicted octanol–water partition coefficient (Wildman–Crippen LogP) is 2.72. The Balaban J connectivity index is 1.65. The summed E-state index contributed by atoms with van der Waals surface area (Å²) in [6.45, 7) is 6.17. The van der Waals surface area contributed by atoms with Gasteiger partial charge in [-0.3, -0.25) is 4.90 Å². The summed E-state index contributed by atoms with van der Waals surface area (Å²) >= 11 is 0. The standard InChI is InChI=1S/C17H24N4/c1-14-7-8-15(13-18)17(19-14)21-11-9-20(10-12-21)16-5-3-2-4-6-16/h7-8,16H,2-6,9-12H2,1H3. The number of nitrogens with zero attached hydrogens (tertiary/aromatic N) is 4. The lowest BCUT2D eigenvalue weighted by Gasteiger charge is -2.41. The lowest BCUT2D eigenvalue weighted by Crippen LogP contribution is -2.51. The lowest BCUT2D eigenvalue weighted by molar-refractivity contribution is 0.147. The van der Waals surface area contributed by atoms with Crippen LogP contribution in [0.4, 0.5) is 5.82 Å². The molecule has 1 saturated heterocycles. The second kappa shape index (κ2) is 6.44. The molecule has 2 aliphatic rings. The summed E-state index contributed by atoms with van der Waals surface area (Å²) in [4.78, 5) is 9.52. The highest BCUT2D eigenvalue weighted by Crippen LogP contribution is 2.25. The maximum absolute atomic E-state index is 9.27. The molecule has 0 spiro atoms. The molecule has 0 aromatic carbocycles. The summed E-state index contributed by atoms with van der Waals surface area (Å²) in [5.41, 5.74) is 1.69. The number of nitriles is 1. The molecule has 0 radical (unpaired) electrons. The van der Waals surface area contributed by atoms with E-state index in [1.54, 1.807) is 0 Å². The maximum Gasteiger partial charge on any atom is 0.146 e. The van der Waals surface area contributed by atoms with E-state index in [1.807, 2.05) is 19.1 Å². The van der Waals surface area contributed by atoms with Crippen molar-refractivity contribution in [2.75, 3.05) is 31.1 Å². The van der Waals surface area contributed by atoms with Gasteiger partial charge in [0, 0.05) is 37.9 Å². The zero-order valence-electron chi connectivity index (χ0n) is 12.9. The van der Waals surface area contributed by atoms with Crippen molar-refractivity contribution in [3.05, 3.63) is 23.4 Å². The molecule has 0 N–H and O–H groups in total. The minimum atomic E-state index is 0.701. The van der Waals surface area contributed by atoms with Crippen LogP contribution < -0.4 is 4.90 Å². The molecule has 1 aromatic heterocycles. The summed E-state index contributed by atoms with van der Waals surface area (Å²) < 4.78 is 0. The number of anilines is 1. The molecule has 2 heterocycles. The predicted molar refractivity (Wildman–Crippen MR) is 84.3 cm³/mol. The second-order valence-corrected chi connectivity index (χ2v) is 6.25. The Kier molecular flexibility index (Phi) is 4.40. The zero-order valence-corrected chi connectivity index (χ0v) is 12.9. The molecule has 112 valence electrons. The Morgan fingerprint density at radius 2 is 1.81 bits per heavy atom. The summed E-state index contributed by atoms with van der Waals surface area (Å²) in [5, 5.41) is 9.27. The lowest BCUT2D eigenvalue weighted by atomic mass is 9.94.